The van der Waals surface area contributed by atoms with Gasteiger partial charge in [0.05, 0.1) is 25.5 Å². The molecule has 2 atom stereocenters. The average molecular weight is 573 g/mol. The molecule has 12 heteroatoms. The number of nitrogens with one attached hydrogen (secondary N) is 1. The first kappa shape index (κ1) is 39.4. The van der Waals surface area contributed by atoms with Gasteiger partial charge in [-0.3, -0.25) is 10.1 Å². The maximum Gasteiger partial charge on any atom is 0.353 e. The Bertz CT molecular complexity index is 816. The van der Waals surface area contributed by atoms with Gasteiger partial charge in [0.25, 0.3) is 0 Å². The molecule has 1 aromatic rings. The first-order chi connectivity index (χ1) is 18.8. The molecule has 0 amide bonds. The number of hydroxylamine groups is 1. The van der Waals surface area contributed by atoms with Crippen LogP contribution in [0.25, 0.3) is 0 Å². The summed E-state index contributed by atoms with van der Waals surface area (Å²) in [5.74, 6) is 5.71. The third kappa shape index (κ3) is 21.1. The standard InChI is InChI=1S/C22H39N3O5.C5H9NO2.CH4O/c1-7-17(3)14-27-21(26)20(24-15-29-22(4,5)6)13-18-9-11-19(12-10-18)28-16-30-25(23)8-2;1-3-8-5(7)4(2)6;1-2/h9-12,17,20,24H,7-8,13-16,23H2,1-6H3;2-3,6H2,1H3;2H,1H3/t17?,20-;;/m1../s1. The maximum absolute atomic E-state index is 12.6. The van der Waals surface area contributed by atoms with Gasteiger partial charge in [-0.25, -0.2) is 15.5 Å². The van der Waals surface area contributed by atoms with Crippen molar-refractivity contribution in [2.24, 2.45) is 17.5 Å². The van der Waals surface area contributed by atoms with Crippen LogP contribution in [0.3, 0.4) is 0 Å². The van der Waals surface area contributed by atoms with E-state index in [1.54, 1.807) is 6.92 Å². The molecular formula is C28H52N4O8. The van der Waals surface area contributed by atoms with Gasteiger partial charge in [0.15, 0.2) is 0 Å². The number of ether oxygens (including phenoxy) is 4. The van der Waals surface area contributed by atoms with Gasteiger partial charge in [-0.05, 0) is 64.7 Å². The molecule has 40 heavy (non-hydrogen) atoms. The normalized spacial score (nSPS) is 12.2. The quantitative estimate of drug-likeness (QED) is 0.0752. The second kappa shape index (κ2) is 23.0. The van der Waals surface area contributed by atoms with Crippen molar-refractivity contribution in [3.05, 3.63) is 42.1 Å². The molecule has 6 N–H and O–H groups in total. The molecule has 232 valence electrons. The van der Waals surface area contributed by atoms with Crippen LogP contribution in [0.1, 0.15) is 60.5 Å². The van der Waals surface area contributed by atoms with Gasteiger partial charge in [0, 0.05) is 13.7 Å². The first-order valence-electron chi connectivity index (χ1n) is 13.3. The summed E-state index contributed by atoms with van der Waals surface area (Å²) in [7, 11) is 1.00. The molecule has 12 nitrogen and oxygen atoms in total. The number of carbonyl (C=O) groups excluding carboxylic acids is 2. The Morgan fingerprint density at radius 3 is 2.15 bits per heavy atom. The number of nitrogens with zero attached hydrogens (tertiary/aromatic N) is 1. The number of esters is 2. The van der Waals surface area contributed by atoms with Crippen LogP contribution in [0.5, 0.6) is 5.75 Å². The van der Waals surface area contributed by atoms with Crippen molar-refractivity contribution in [1.82, 2.24) is 10.5 Å². The fourth-order valence-electron chi connectivity index (χ4n) is 2.48. The van der Waals surface area contributed by atoms with E-state index in [1.807, 2.05) is 52.0 Å². The van der Waals surface area contributed by atoms with E-state index < -0.39 is 12.0 Å². The van der Waals surface area contributed by atoms with Gasteiger partial charge < -0.3 is 29.8 Å². The second-order valence-electron chi connectivity index (χ2n) is 9.52. The third-order valence-corrected chi connectivity index (χ3v) is 4.98. The van der Waals surface area contributed by atoms with Crippen LogP contribution in [0.2, 0.25) is 0 Å². The largest absolute Gasteiger partial charge is 0.466 e. The molecule has 1 rings (SSSR count). The van der Waals surface area contributed by atoms with Crippen molar-refractivity contribution in [1.29, 1.82) is 0 Å². The van der Waals surface area contributed by atoms with Crippen molar-refractivity contribution in [2.45, 2.75) is 73.0 Å². The van der Waals surface area contributed by atoms with Crippen LogP contribution in [-0.4, -0.2) is 74.3 Å². The van der Waals surface area contributed by atoms with E-state index in [2.05, 4.69) is 30.5 Å². The first-order valence-corrected chi connectivity index (χ1v) is 13.3. The molecule has 0 aliphatic carbocycles. The lowest BCUT2D eigenvalue weighted by Crippen LogP contribution is -2.43. The molecule has 0 heterocycles. The molecule has 0 aliphatic heterocycles. The van der Waals surface area contributed by atoms with Gasteiger partial charge in [-0.1, -0.05) is 39.0 Å². The highest BCUT2D eigenvalue weighted by Crippen LogP contribution is 2.15. The van der Waals surface area contributed by atoms with E-state index in [4.69, 9.17) is 35.7 Å². The van der Waals surface area contributed by atoms with E-state index in [9.17, 15) is 9.59 Å². The lowest BCUT2D eigenvalue weighted by Gasteiger charge is -2.23. The van der Waals surface area contributed by atoms with Gasteiger partial charge in [-0.2, -0.15) is 0 Å². The summed E-state index contributed by atoms with van der Waals surface area (Å²) < 4.78 is 21.2. The number of hydrogen-bond acceptors (Lipinski definition) is 12. The van der Waals surface area contributed by atoms with Crippen molar-refractivity contribution < 1.29 is 38.5 Å². The smallest absolute Gasteiger partial charge is 0.353 e. The van der Waals surface area contributed by atoms with Crippen molar-refractivity contribution in [3.63, 3.8) is 0 Å². The number of nitrogens with two attached hydrogens (primary N) is 2. The summed E-state index contributed by atoms with van der Waals surface area (Å²) in [5.41, 5.74) is 5.59. The Labute approximate surface area is 239 Å². The van der Waals surface area contributed by atoms with Gasteiger partial charge in [0.1, 0.15) is 17.5 Å². The number of benzene rings is 1. The van der Waals surface area contributed by atoms with Crippen LogP contribution in [0.4, 0.5) is 0 Å². The Kier molecular flexibility index (Phi) is 22.7. The van der Waals surface area contributed by atoms with Crippen LogP contribution in [0, 0.1) is 5.92 Å². The molecule has 0 bridgehead atoms. The molecule has 0 fully saturated rings. The molecule has 0 aromatic heterocycles. The fourth-order valence-corrected chi connectivity index (χ4v) is 2.48. The van der Waals surface area contributed by atoms with Gasteiger partial charge >= 0.3 is 11.9 Å². The topological polar surface area (TPSA) is 168 Å². The summed E-state index contributed by atoms with van der Waals surface area (Å²) in [6, 6.07) is 6.99. The van der Waals surface area contributed by atoms with Crippen molar-refractivity contribution >= 4 is 11.9 Å². The van der Waals surface area contributed by atoms with E-state index in [0.717, 1.165) is 19.1 Å². The second-order valence-corrected chi connectivity index (χ2v) is 9.52. The van der Waals surface area contributed by atoms with E-state index in [-0.39, 0.29) is 30.8 Å². The number of hydrogen-bond donors (Lipinski definition) is 4. The molecule has 0 spiro atoms. The Balaban J connectivity index is 0. The molecule has 0 radical (unpaired) electrons. The van der Waals surface area contributed by atoms with Crippen molar-refractivity contribution in [2.75, 3.05) is 40.4 Å². The highest BCUT2D eigenvalue weighted by Gasteiger charge is 2.22. The van der Waals surface area contributed by atoms with Crippen LogP contribution in [0.15, 0.2) is 36.5 Å². The summed E-state index contributed by atoms with van der Waals surface area (Å²) >= 11 is 0. The number of aliphatic hydroxyl groups excluding tert-OH is 1. The number of hydrazine groups is 1. The molecule has 0 aliphatic rings. The van der Waals surface area contributed by atoms with E-state index in [0.29, 0.717) is 37.8 Å². The summed E-state index contributed by atoms with van der Waals surface area (Å²) in [6.07, 6.45) is 1.44. The number of aliphatic hydroxyl groups is 1. The zero-order valence-corrected chi connectivity index (χ0v) is 25.5. The van der Waals surface area contributed by atoms with Crippen LogP contribution < -0.4 is 21.6 Å². The Morgan fingerprint density at radius 1 is 1.10 bits per heavy atom. The fraction of sp³-hybridized carbons (Fsp3) is 0.643. The third-order valence-electron chi connectivity index (χ3n) is 4.98. The number of carbonyl (C=O) groups is 2. The Morgan fingerprint density at radius 2 is 1.70 bits per heavy atom. The summed E-state index contributed by atoms with van der Waals surface area (Å²) in [4.78, 5) is 28.1. The summed E-state index contributed by atoms with van der Waals surface area (Å²) in [5, 5.41) is 11.4. The molecular weight excluding hydrogens is 520 g/mol. The predicted octanol–water partition coefficient (Wildman–Crippen LogP) is 2.64. The minimum absolute atomic E-state index is 0.0277. The minimum atomic E-state index is -0.535. The lowest BCUT2D eigenvalue weighted by molar-refractivity contribution is -0.201. The highest BCUT2D eigenvalue weighted by atomic mass is 16.8. The lowest BCUT2D eigenvalue weighted by atomic mass is 10.1. The molecule has 0 saturated heterocycles. The van der Waals surface area contributed by atoms with Crippen LogP contribution >= 0.6 is 0 Å². The van der Waals surface area contributed by atoms with E-state index >= 15 is 0 Å². The number of rotatable bonds is 16. The molecule has 1 aromatic carbocycles. The monoisotopic (exact) mass is 572 g/mol. The molecule has 0 saturated carbocycles. The van der Waals surface area contributed by atoms with E-state index in [1.165, 1.54) is 5.17 Å². The summed E-state index contributed by atoms with van der Waals surface area (Å²) in [6.45, 7) is 18.4. The minimum Gasteiger partial charge on any atom is -0.466 e. The maximum atomic E-state index is 12.6. The zero-order valence-electron chi connectivity index (χ0n) is 25.5. The van der Waals surface area contributed by atoms with Crippen molar-refractivity contribution in [3.8, 4) is 5.75 Å². The van der Waals surface area contributed by atoms with Gasteiger partial charge in [-0.15, -0.1) is 5.17 Å². The predicted molar refractivity (Wildman–Crippen MR) is 154 cm³/mol. The Hall–Kier alpha value is -2.74. The SMILES string of the molecule is C=C(N)C(=O)OCC.CCC(C)COC(=O)[C@@H](Cc1ccc(OCON(N)CC)cc1)NCOC(C)(C)C.CO. The van der Waals surface area contributed by atoms with Gasteiger partial charge in [0.2, 0.25) is 6.79 Å². The zero-order chi connectivity index (χ0) is 31.1. The molecule has 1 unspecified atom stereocenters. The highest BCUT2D eigenvalue weighted by molar-refractivity contribution is 5.86. The van der Waals surface area contributed by atoms with Crippen LogP contribution in [-0.2, 0) is 35.1 Å². The average Bonchev–Trinajstić information content (AvgIpc) is 2.92.